The van der Waals surface area contributed by atoms with Gasteiger partial charge in [0.25, 0.3) is 0 Å². The fraction of sp³-hybridized carbons (Fsp3) is 0.100. The zero-order valence-corrected chi connectivity index (χ0v) is 8.85. The number of hydrazine groups is 1. The van der Waals surface area contributed by atoms with Gasteiger partial charge in [0, 0.05) is 0 Å². The lowest BCUT2D eigenvalue weighted by Gasteiger charge is -2.22. The molecule has 0 atom stereocenters. The topological polar surface area (TPSA) is 49.6 Å². The number of amides is 2. The highest BCUT2D eigenvalue weighted by atomic mass is 32.2. The molecule has 0 radical (unpaired) electrons. The fourth-order valence-corrected chi connectivity index (χ4v) is 1.91. The first-order valence-electron chi connectivity index (χ1n) is 4.52. The zero-order valence-electron chi connectivity index (χ0n) is 8.04. The van der Waals surface area contributed by atoms with Crippen molar-refractivity contribution in [2.75, 3.05) is 11.6 Å². The quantitative estimate of drug-likeness (QED) is 0.341. The van der Waals surface area contributed by atoms with Gasteiger partial charge in [0.1, 0.15) is 0 Å². The molecular formula is C10H11N3OS. The third kappa shape index (κ3) is 2.14. The average Bonchev–Trinajstić information content (AvgIpc) is 2.82. The second-order valence-electron chi connectivity index (χ2n) is 3.03. The molecule has 5 heteroatoms. The second kappa shape index (κ2) is 4.37. The van der Waals surface area contributed by atoms with Crippen LogP contribution in [-0.2, 0) is 0 Å². The summed E-state index contributed by atoms with van der Waals surface area (Å²) in [4.78, 5) is 11.8. The lowest BCUT2D eigenvalue weighted by atomic mass is 10.3. The summed E-state index contributed by atoms with van der Waals surface area (Å²) < 4.78 is 1.59. The Balaban J connectivity index is 2.08. The number of carbonyl (C=O) groups is 1. The second-order valence-corrected chi connectivity index (χ2v) is 3.95. The van der Waals surface area contributed by atoms with E-state index in [0.29, 0.717) is 12.2 Å². The number of carbonyl (C=O) groups excluding carboxylic acids is 1. The zero-order chi connectivity index (χ0) is 10.7. The Kier molecular flexibility index (Phi) is 2.94. The van der Waals surface area contributed by atoms with E-state index in [9.17, 15) is 4.79 Å². The molecule has 0 aromatic heterocycles. The van der Waals surface area contributed by atoms with Gasteiger partial charge in [0.2, 0.25) is 0 Å². The van der Waals surface area contributed by atoms with E-state index >= 15 is 0 Å². The molecule has 0 saturated heterocycles. The summed E-state index contributed by atoms with van der Waals surface area (Å²) in [5.41, 5.74) is 0.690. The van der Waals surface area contributed by atoms with Crippen LogP contribution in [0.15, 0.2) is 41.8 Å². The summed E-state index contributed by atoms with van der Waals surface area (Å²) in [5.74, 6) is 5.72. The summed E-state index contributed by atoms with van der Waals surface area (Å²) in [6, 6.07) is 8.96. The Morgan fingerprint density at radius 1 is 1.40 bits per heavy atom. The van der Waals surface area contributed by atoms with E-state index in [2.05, 4.69) is 0 Å². The maximum absolute atomic E-state index is 11.8. The van der Waals surface area contributed by atoms with Crippen molar-refractivity contribution >= 4 is 23.7 Å². The number of rotatable bonds is 1. The van der Waals surface area contributed by atoms with Crippen LogP contribution in [0.1, 0.15) is 0 Å². The van der Waals surface area contributed by atoms with Gasteiger partial charge in [-0.25, -0.2) is 15.6 Å². The number of nitrogens with two attached hydrogens (primary N) is 1. The van der Waals surface area contributed by atoms with Gasteiger partial charge in [-0.2, -0.15) is 0 Å². The maximum atomic E-state index is 11.8. The van der Waals surface area contributed by atoms with Crippen LogP contribution in [-0.4, -0.2) is 16.9 Å². The predicted molar refractivity (Wildman–Crippen MR) is 61.9 cm³/mol. The lowest BCUT2D eigenvalue weighted by molar-refractivity contribution is 0.235. The van der Waals surface area contributed by atoms with Crippen LogP contribution in [0.5, 0.6) is 0 Å². The first-order chi connectivity index (χ1) is 7.29. The standard InChI is InChI=1S/C10H11N3OS/c11-13(9-5-2-1-3-6-9)10(14)12-7-4-8-15-12/h1-6,8H,7,11H2. The van der Waals surface area contributed by atoms with E-state index in [-0.39, 0.29) is 6.03 Å². The summed E-state index contributed by atoms with van der Waals surface area (Å²) >= 11 is 1.36. The molecule has 1 aromatic carbocycles. The molecule has 2 rings (SSSR count). The van der Waals surface area contributed by atoms with Crippen molar-refractivity contribution in [3.05, 3.63) is 41.8 Å². The van der Waals surface area contributed by atoms with Gasteiger partial charge in [-0.1, -0.05) is 24.3 Å². The third-order valence-corrected chi connectivity index (χ3v) is 2.88. The van der Waals surface area contributed by atoms with Crippen molar-refractivity contribution in [1.82, 2.24) is 4.31 Å². The Bertz CT molecular complexity index is 372. The van der Waals surface area contributed by atoms with Crippen LogP contribution < -0.4 is 10.9 Å². The molecule has 1 aliphatic heterocycles. The fourth-order valence-electron chi connectivity index (χ4n) is 1.24. The molecule has 4 nitrogen and oxygen atoms in total. The Morgan fingerprint density at radius 2 is 2.13 bits per heavy atom. The molecule has 15 heavy (non-hydrogen) atoms. The summed E-state index contributed by atoms with van der Waals surface area (Å²) in [6.45, 7) is 0.601. The highest BCUT2D eigenvalue weighted by Crippen LogP contribution is 2.21. The van der Waals surface area contributed by atoms with Gasteiger partial charge in [0.15, 0.2) is 0 Å². The third-order valence-electron chi connectivity index (χ3n) is 2.01. The summed E-state index contributed by atoms with van der Waals surface area (Å²) in [6.07, 6.45) is 1.92. The molecule has 2 amide bonds. The van der Waals surface area contributed by atoms with Crippen molar-refractivity contribution < 1.29 is 4.79 Å². The molecular weight excluding hydrogens is 210 g/mol. The van der Waals surface area contributed by atoms with E-state index in [4.69, 9.17) is 5.84 Å². The highest BCUT2D eigenvalue weighted by molar-refractivity contribution is 8.00. The number of hydrogen-bond acceptors (Lipinski definition) is 3. The molecule has 0 saturated carbocycles. The number of anilines is 1. The molecule has 1 aliphatic rings. The average molecular weight is 221 g/mol. The normalized spacial score (nSPS) is 14.3. The van der Waals surface area contributed by atoms with Crippen LogP contribution in [0.4, 0.5) is 10.5 Å². The number of urea groups is 1. The van der Waals surface area contributed by atoms with Gasteiger partial charge < -0.3 is 0 Å². The smallest absolute Gasteiger partial charge is 0.259 e. The van der Waals surface area contributed by atoms with Crippen LogP contribution in [0.3, 0.4) is 0 Å². The van der Waals surface area contributed by atoms with Crippen molar-refractivity contribution in [2.24, 2.45) is 5.84 Å². The monoisotopic (exact) mass is 221 g/mol. The molecule has 1 aromatic rings. The van der Waals surface area contributed by atoms with Gasteiger partial charge in [-0.15, -0.1) is 0 Å². The Hall–Kier alpha value is -1.46. The first-order valence-corrected chi connectivity index (χ1v) is 5.36. The minimum Gasteiger partial charge on any atom is -0.259 e. The number of para-hydroxylation sites is 1. The number of hydrogen-bond donors (Lipinski definition) is 1. The van der Waals surface area contributed by atoms with Crippen LogP contribution in [0.25, 0.3) is 0 Å². The number of benzene rings is 1. The van der Waals surface area contributed by atoms with Crippen LogP contribution >= 0.6 is 11.9 Å². The summed E-state index contributed by atoms with van der Waals surface area (Å²) in [7, 11) is 0. The van der Waals surface area contributed by atoms with Crippen molar-refractivity contribution in [3.8, 4) is 0 Å². The lowest BCUT2D eigenvalue weighted by Crippen LogP contribution is -2.43. The molecule has 78 valence electrons. The Labute approximate surface area is 92.4 Å². The van der Waals surface area contributed by atoms with Crippen molar-refractivity contribution in [1.29, 1.82) is 0 Å². The van der Waals surface area contributed by atoms with Gasteiger partial charge in [-0.05, 0) is 29.5 Å². The number of nitrogens with zero attached hydrogens (tertiary/aromatic N) is 2. The van der Waals surface area contributed by atoms with Gasteiger partial charge in [0.05, 0.1) is 12.2 Å². The highest BCUT2D eigenvalue weighted by Gasteiger charge is 2.20. The van der Waals surface area contributed by atoms with E-state index in [0.717, 1.165) is 5.01 Å². The summed E-state index contributed by atoms with van der Waals surface area (Å²) in [5, 5.41) is 3.02. The molecule has 0 aliphatic carbocycles. The van der Waals surface area contributed by atoms with Crippen molar-refractivity contribution in [2.45, 2.75) is 0 Å². The van der Waals surface area contributed by atoms with Crippen LogP contribution in [0, 0.1) is 0 Å². The van der Waals surface area contributed by atoms with Crippen LogP contribution in [0.2, 0.25) is 0 Å². The largest absolute Gasteiger partial charge is 0.349 e. The van der Waals surface area contributed by atoms with Gasteiger partial charge >= 0.3 is 6.03 Å². The van der Waals surface area contributed by atoms with Crippen molar-refractivity contribution in [3.63, 3.8) is 0 Å². The van der Waals surface area contributed by atoms with E-state index in [1.807, 2.05) is 29.7 Å². The molecule has 2 N–H and O–H groups in total. The minimum absolute atomic E-state index is 0.212. The van der Waals surface area contributed by atoms with E-state index in [1.54, 1.807) is 16.4 Å². The first kappa shape index (κ1) is 10.1. The molecule has 0 bridgehead atoms. The predicted octanol–water partition coefficient (Wildman–Crippen LogP) is 1.96. The van der Waals surface area contributed by atoms with Gasteiger partial charge in [-0.3, -0.25) is 4.31 Å². The molecule has 0 fully saturated rings. The minimum atomic E-state index is -0.212. The molecule has 0 spiro atoms. The maximum Gasteiger partial charge on any atom is 0.349 e. The molecule has 1 heterocycles. The SMILES string of the molecule is NN(C(=O)N1CC=CS1)c1ccccc1. The molecule has 0 unspecified atom stereocenters. The van der Waals surface area contributed by atoms with E-state index in [1.165, 1.54) is 11.9 Å². The van der Waals surface area contributed by atoms with E-state index < -0.39 is 0 Å². The Morgan fingerprint density at radius 3 is 2.73 bits per heavy atom.